The maximum absolute atomic E-state index is 14.0. The average molecular weight is 384 g/mol. The van der Waals surface area contributed by atoms with Crippen molar-refractivity contribution in [3.05, 3.63) is 53.6 Å². The molecule has 0 amide bonds. The van der Waals surface area contributed by atoms with Crippen LogP contribution in [0.2, 0.25) is 0 Å². The van der Waals surface area contributed by atoms with Crippen molar-refractivity contribution in [2.24, 2.45) is 5.92 Å². The van der Waals surface area contributed by atoms with Gasteiger partial charge in [-0.3, -0.25) is 0 Å². The molecule has 2 N–H and O–H groups in total. The highest BCUT2D eigenvalue weighted by Crippen LogP contribution is 2.38. The summed E-state index contributed by atoms with van der Waals surface area (Å²) in [5.41, 5.74) is 1.88. The Balaban J connectivity index is 1.85. The van der Waals surface area contributed by atoms with E-state index < -0.39 is 11.9 Å². The van der Waals surface area contributed by atoms with Crippen LogP contribution in [0.3, 0.4) is 0 Å². The van der Waals surface area contributed by atoms with Crippen LogP contribution in [0, 0.1) is 11.7 Å². The number of rotatable bonds is 4. The number of benzene rings is 2. The van der Waals surface area contributed by atoms with Gasteiger partial charge in [-0.1, -0.05) is 19.8 Å². The number of phenols is 1. The van der Waals surface area contributed by atoms with Gasteiger partial charge < -0.3 is 19.5 Å². The fourth-order valence-electron chi connectivity index (χ4n) is 4.33. The second-order valence-electron chi connectivity index (χ2n) is 7.77. The topological polar surface area (TPSA) is 67.5 Å². The lowest BCUT2D eigenvalue weighted by molar-refractivity contribution is 0.192. The first kappa shape index (κ1) is 18.7. The minimum Gasteiger partial charge on any atom is -0.508 e. The summed E-state index contributed by atoms with van der Waals surface area (Å²) in [7, 11) is 1.46. The average Bonchev–Trinajstić information content (AvgIpc) is 3.05. The second kappa shape index (κ2) is 7.43. The number of aliphatic hydroxyl groups is 1. The summed E-state index contributed by atoms with van der Waals surface area (Å²) in [6.45, 7) is 2.24. The van der Waals surface area contributed by atoms with Crippen molar-refractivity contribution in [2.45, 2.75) is 44.8 Å². The minimum absolute atomic E-state index is 0.127. The number of imidazole rings is 1. The van der Waals surface area contributed by atoms with Gasteiger partial charge >= 0.3 is 0 Å². The third kappa shape index (κ3) is 3.44. The molecule has 0 spiro atoms. The first-order chi connectivity index (χ1) is 13.5. The van der Waals surface area contributed by atoms with Crippen molar-refractivity contribution in [1.29, 1.82) is 0 Å². The Morgan fingerprint density at radius 3 is 2.79 bits per heavy atom. The van der Waals surface area contributed by atoms with Gasteiger partial charge in [0.15, 0.2) is 0 Å². The molecule has 1 aliphatic carbocycles. The summed E-state index contributed by atoms with van der Waals surface area (Å²) in [5.74, 6) is 1.06. The molecule has 1 heterocycles. The van der Waals surface area contributed by atoms with Crippen LogP contribution in [0.25, 0.3) is 11.0 Å². The Hall–Kier alpha value is -2.60. The van der Waals surface area contributed by atoms with Crippen LogP contribution in [0.15, 0.2) is 36.4 Å². The van der Waals surface area contributed by atoms with Crippen LogP contribution in [-0.2, 0) is 0 Å². The van der Waals surface area contributed by atoms with E-state index in [1.54, 1.807) is 18.2 Å². The molecule has 0 bridgehead atoms. The Morgan fingerprint density at radius 2 is 2.04 bits per heavy atom. The van der Waals surface area contributed by atoms with E-state index in [4.69, 9.17) is 4.74 Å². The van der Waals surface area contributed by atoms with Crippen LogP contribution in [-0.4, -0.2) is 26.9 Å². The molecule has 0 aliphatic heterocycles. The molecule has 1 fully saturated rings. The van der Waals surface area contributed by atoms with Crippen LogP contribution < -0.4 is 4.74 Å². The summed E-state index contributed by atoms with van der Waals surface area (Å²) in [5, 5.41) is 21.0. The van der Waals surface area contributed by atoms with E-state index in [0.717, 1.165) is 24.8 Å². The highest BCUT2D eigenvalue weighted by atomic mass is 19.1. The highest BCUT2D eigenvalue weighted by Gasteiger charge is 2.28. The number of methoxy groups -OCH3 is 1. The highest BCUT2D eigenvalue weighted by molar-refractivity contribution is 5.78. The molecule has 2 aromatic carbocycles. The zero-order chi connectivity index (χ0) is 19.8. The van der Waals surface area contributed by atoms with Crippen molar-refractivity contribution < 1.29 is 19.3 Å². The fourth-order valence-corrected chi connectivity index (χ4v) is 4.33. The number of nitrogens with zero attached hydrogens (tertiary/aromatic N) is 2. The molecule has 5 nitrogen and oxygen atoms in total. The molecule has 1 aromatic heterocycles. The lowest BCUT2D eigenvalue weighted by Gasteiger charge is -2.30. The summed E-state index contributed by atoms with van der Waals surface area (Å²) in [6, 6.07) is 9.47. The number of aromatic nitrogens is 2. The molecule has 0 saturated heterocycles. The van der Waals surface area contributed by atoms with Crippen molar-refractivity contribution in [2.75, 3.05) is 7.11 Å². The Bertz CT molecular complexity index is 1000. The fraction of sp³-hybridized carbons (Fsp3) is 0.409. The van der Waals surface area contributed by atoms with E-state index in [1.807, 2.05) is 6.07 Å². The third-order valence-electron chi connectivity index (χ3n) is 5.66. The number of hydrogen-bond donors (Lipinski definition) is 2. The maximum Gasteiger partial charge on any atom is 0.143 e. The van der Waals surface area contributed by atoms with Gasteiger partial charge in [0.2, 0.25) is 0 Å². The number of aromatic hydroxyl groups is 1. The van der Waals surface area contributed by atoms with Crippen molar-refractivity contribution >= 4 is 11.0 Å². The largest absolute Gasteiger partial charge is 0.508 e. The van der Waals surface area contributed by atoms with E-state index in [1.165, 1.54) is 25.7 Å². The van der Waals surface area contributed by atoms with E-state index in [9.17, 15) is 14.6 Å². The van der Waals surface area contributed by atoms with Gasteiger partial charge in [-0.25, -0.2) is 9.37 Å². The molecular formula is C22H25FN2O3. The minimum atomic E-state index is -1.10. The van der Waals surface area contributed by atoms with Crippen LogP contribution in [0.5, 0.6) is 11.5 Å². The lowest BCUT2D eigenvalue weighted by Crippen LogP contribution is -2.21. The van der Waals surface area contributed by atoms with Gasteiger partial charge in [-0.05, 0) is 48.6 Å². The van der Waals surface area contributed by atoms with Gasteiger partial charge in [0, 0.05) is 18.2 Å². The molecule has 28 heavy (non-hydrogen) atoms. The first-order valence-corrected chi connectivity index (χ1v) is 9.69. The van der Waals surface area contributed by atoms with Gasteiger partial charge in [-0.2, -0.15) is 0 Å². The quantitative estimate of drug-likeness (QED) is 0.683. The molecular weight excluding hydrogens is 359 g/mol. The number of hydrogen-bond acceptors (Lipinski definition) is 4. The zero-order valence-corrected chi connectivity index (χ0v) is 16.1. The maximum atomic E-state index is 14.0. The second-order valence-corrected chi connectivity index (χ2v) is 7.77. The van der Waals surface area contributed by atoms with Gasteiger partial charge in [0.1, 0.15) is 29.2 Å². The van der Waals surface area contributed by atoms with Gasteiger partial charge in [-0.15, -0.1) is 0 Å². The SMILES string of the molecule is COc1cc(F)cc(C(O)c2nc3cc(O)ccc3n2C2CCCC(C)C2)c1. The normalized spacial score (nSPS) is 21.0. The van der Waals surface area contributed by atoms with E-state index >= 15 is 0 Å². The summed E-state index contributed by atoms with van der Waals surface area (Å²) in [6.07, 6.45) is 3.22. The number of phenolic OH excluding ortho intramolecular Hbond substituents is 1. The van der Waals surface area contributed by atoms with Gasteiger partial charge in [0.05, 0.1) is 18.1 Å². The molecule has 3 aromatic rings. The third-order valence-corrected chi connectivity index (χ3v) is 5.66. The number of ether oxygens (including phenoxy) is 1. The molecule has 3 atom stereocenters. The first-order valence-electron chi connectivity index (χ1n) is 9.69. The standard InChI is InChI=1S/C22H25FN2O3/c1-13-4-3-5-16(8-13)25-20-7-6-17(26)12-19(20)24-22(25)21(27)14-9-15(23)11-18(10-14)28-2/h6-7,9-13,16,21,26-27H,3-5,8H2,1-2H3. The molecule has 0 radical (unpaired) electrons. The molecule has 148 valence electrons. The Morgan fingerprint density at radius 1 is 1.21 bits per heavy atom. The molecule has 6 heteroatoms. The van der Waals surface area contributed by atoms with E-state index in [0.29, 0.717) is 28.6 Å². The number of halogens is 1. The predicted molar refractivity (Wildman–Crippen MR) is 105 cm³/mol. The monoisotopic (exact) mass is 384 g/mol. The summed E-state index contributed by atoms with van der Waals surface area (Å²) < 4.78 is 21.2. The van der Waals surface area contributed by atoms with Crippen molar-refractivity contribution in [1.82, 2.24) is 9.55 Å². The summed E-state index contributed by atoms with van der Waals surface area (Å²) in [4.78, 5) is 4.62. The van der Waals surface area contributed by atoms with Crippen LogP contribution in [0.4, 0.5) is 4.39 Å². The number of aliphatic hydroxyl groups excluding tert-OH is 1. The summed E-state index contributed by atoms with van der Waals surface area (Å²) >= 11 is 0. The smallest absolute Gasteiger partial charge is 0.143 e. The molecule has 3 unspecified atom stereocenters. The van der Waals surface area contributed by atoms with Crippen molar-refractivity contribution in [3.63, 3.8) is 0 Å². The molecule has 4 rings (SSSR count). The predicted octanol–water partition coefficient (Wildman–Crippen LogP) is 4.72. The van der Waals surface area contributed by atoms with Crippen LogP contribution in [0.1, 0.15) is 56.1 Å². The molecule has 1 saturated carbocycles. The lowest BCUT2D eigenvalue weighted by atomic mass is 9.86. The molecule has 1 aliphatic rings. The Kier molecular flexibility index (Phi) is 4.98. The van der Waals surface area contributed by atoms with Gasteiger partial charge in [0.25, 0.3) is 0 Å². The van der Waals surface area contributed by atoms with Crippen LogP contribution >= 0.6 is 0 Å². The Labute approximate surface area is 163 Å². The number of fused-ring (bicyclic) bond motifs is 1. The zero-order valence-electron chi connectivity index (χ0n) is 16.1. The van der Waals surface area contributed by atoms with E-state index in [2.05, 4.69) is 16.5 Å². The van der Waals surface area contributed by atoms with E-state index in [-0.39, 0.29) is 11.8 Å². The van der Waals surface area contributed by atoms with Crippen molar-refractivity contribution in [3.8, 4) is 11.5 Å².